The second kappa shape index (κ2) is 40.5. The van der Waals surface area contributed by atoms with E-state index in [4.69, 9.17) is 108 Å². The molecule has 0 atom stereocenters. The van der Waals surface area contributed by atoms with Crippen LogP contribution in [-0.4, -0.2) is 105 Å². The molecule has 0 amide bonds. The van der Waals surface area contributed by atoms with Crippen molar-refractivity contribution >= 4 is 150 Å². The molecule has 12 aromatic heterocycles. The minimum absolute atomic E-state index is 0.00779. The van der Waals surface area contributed by atoms with Crippen LogP contribution in [0.5, 0.6) is 34.5 Å². The largest absolute Gasteiger partial charge is 0.506 e. The number of hydrogen-bond acceptors (Lipinski definition) is 32. The first-order valence-corrected chi connectivity index (χ1v) is 43.1. The smallest absolute Gasteiger partial charge is 0.157 e. The SMILES string of the molecule is Cc1cc(-c2nc(N)cnc2-c2ccc(O)c(Cl)c2)sc1C.Cc1ccsc1-c1nc(N)cnc1-c1ccc(O)c(Cl)c1.Cc1coc(-c2nc(N)cnc2-c2ccc(O)c(Cl)c2)c1C.Cc1ncsc1-c1nc(N)cnc1-c1ccc(O)c(Cl)c1.Nc1cnc(-c2ccc(O)c(Cl)c2)c(-c2cccs2)n1.Nc1cnc(-c2ccc(O)c(Cl)c2)c(-c2cncnc2)n1. The van der Waals surface area contributed by atoms with Gasteiger partial charge in [-0.3, -0.25) is 24.9 Å². The molecule has 0 aliphatic heterocycles. The van der Waals surface area contributed by atoms with Crippen LogP contribution in [0.1, 0.15) is 32.8 Å². The highest BCUT2D eigenvalue weighted by Crippen LogP contribution is 2.44. The minimum Gasteiger partial charge on any atom is -0.506 e. The summed E-state index contributed by atoms with van der Waals surface area (Å²) in [5.41, 5.74) is 54.6. The Kier molecular flexibility index (Phi) is 29.0. The lowest BCUT2D eigenvalue weighted by molar-refractivity contribution is 0.475. The first-order chi connectivity index (χ1) is 60.8. The highest BCUT2D eigenvalue weighted by molar-refractivity contribution is 7.15. The summed E-state index contributed by atoms with van der Waals surface area (Å²) in [5, 5.41) is 62.8. The molecule has 127 heavy (non-hydrogen) atoms. The number of thiazole rings is 1. The van der Waals surface area contributed by atoms with E-state index >= 15 is 0 Å². The summed E-state index contributed by atoms with van der Waals surface area (Å²) >= 11 is 42.1. The molecule has 12 heterocycles. The van der Waals surface area contributed by atoms with Gasteiger partial charge in [-0.25, -0.2) is 49.8 Å². The van der Waals surface area contributed by atoms with Crippen molar-refractivity contribution < 1.29 is 35.1 Å². The van der Waals surface area contributed by atoms with Crippen LogP contribution < -0.4 is 34.4 Å². The van der Waals surface area contributed by atoms with E-state index in [0.29, 0.717) is 109 Å². The maximum atomic E-state index is 9.57. The van der Waals surface area contributed by atoms with Gasteiger partial charge in [-0.2, -0.15) is 0 Å². The molecule has 0 aliphatic carbocycles. The van der Waals surface area contributed by atoms with Crippen LogP contribution in [-0.2, 0) is 0 Å². The third kappa shape index (κ3) is 21.8. The molecule has 28 nitrogen and oxygen atoms in total. The number of hydrogen-bond donors (Lipinski definition) is 12. The number of benzene rings is 6. The Bertz CT molecular complexity index is 6900. The fourth-order valence-electron chi connectivity index (χ4n) is 12.0. The Morgan fingerprint density at radius 1 is 0.307 bits per heavy atom. The molecule has 38 heteroatoms. The number of nitrogens with zero attached hydrogens (tertiary/aromatic N) is 15. The Morgan fingerprint density at radius 2 is 0.654 bits per heavy atom. The number of halogens is 6. The van der Waals surface area contributed by atoms with Crippen molar-refractivity contribution in [3.8, 4) is 167 Å². The Hall–Kier alpha value is -13.8. The van der Waals surface area contributed by atoms with E-state index in [9.17, 15) is 30.6 Å². The van der Waals surface area contributed by atoms with E-state index in [1.165, 1.54) is 89.6 Å². The van der Waals surface area contributed by atoms with Crippen LogP contribution in [0.25, 0.3) is 133 Å². The van der Waals surface area contributed by atoms with E-state index < -0.39 is 0 Å². The molecular formula is C89H71Cl6N21O7S4. The molecule has 18 rings (SSSR count). The van der Waals surface area contributed by atoms with Crippen molar-refractivity contribution in [1.29, 1.82) is 0 Å². The van der Waals surface area contributed by atoms with E-state index in [0.717, 1.165) is 81.1 Å². The van der Waals surface area contributed by atoms with Crippen LogP contribution in [0.15, 0.2) is 216 Å². The van der Waals surface area contributed by atoms with Gasteiger partial charge in [0.25, 0.3) is 0 Å². The number of aromatic nitrogens is 15. The summed E-state index contributed by atoms with van der Waals surface area (Å²) in [4.78, 5) is 69.8. The predicted octanol–water partition coefficient (Wildman–Crippen LogP) is 22.4. The zero-order chi connectivity index (χ0) is 90.6. The summed E-state index contributed by atoms with van der Waals surface area (Å²) in [7, 11) is 0. The number of phenols is 6. The summed E-state index contributed by atoms with van der Waals surface area (Å²) in [5.74, 6) is 2.82. The molecule has 18 N–H and O–H groups in total. The average molecular weight is 1890 g/mol. The predicted molar refractivity (Wildman–Crippen MR) is 510 cm³/mol. The van der Waals surface area contributed by atoms with Crippen molar-refractivity contribution in [3.05, 3.63) is 275 Å². The third-order valence-electron chi connectivity index (χ3n) is 18.6. The molecule has 0 saturated heterocycles. The lowest BCUT2D eigenvalue weighted by Crippen LogP contribution is -1.98. The topological polar surface area (TPSA) is 484 Å². The molecule has 0 aliphatic rings. The molecule has 0 bridgehead atoms. The van der Waals surface area contributed by atoms with Crippen molar-refractivity contribution in [2.75, 3.05) is 34.4 Å². The standard InChI is InChI=1S/C16H14ClN3O2.C16H14ClN3OS.C15H12ClN3OS.C14H10ClN5O.C14H11ClN4OS.C14H10ClN3OS/c1-8-7-22-16(9(8)2)15-14(19-6-13(18)20-15)10-3-4-12(21)11(17)5-10;1-8-5-13(22-9(8)2)16-15(19-7-14(18)20-16)10-3-4-12(21)11(17)6-10;1-8-4-5-21-15(8)14-13(18-7-12(17)19-14)9-2-3-11(20)10(16)6-9;15-10-3-8(1-2-11(10)21)13-14(20-12(16)6-19-13)9-4-17-7-18-5-9;1-7-14(21-6-18-7)13-12(17-5-11(16)19-13)8-2-3-10(20)9(15)4-8;15-9-6-8(3-4-10(9)19)13-14(11-2-1-5-20-11)18-12(16)7-17-13/h2*3-7,21H,1-2H3,(H2,18,20);2-7,20H,1H3,(H2,17,19);1-7,21H,(H2,16,20);2-6,20H,1H3,(H2,16,19);1-7,19H,(H2,16,18). The van der Waals surface area contributed by atoms with Gasteiger partial charge in [-0.15, -0.1) is 45.3 Å². The minimum atomic E-state index is 0.00779. The number of nitrogen functional groups attached to an aromatic ring is 6. The average Bonchev–Trinajstić information content (AvgIpc) is 1.79. The highest BCUT2D eigenvalue weighted by atomic mass is 35.5. The number of phenolic OH excluding ortho intramolecular Hbond substituents is 6. The second-order valence-electron chi connectivity index (χ2n) is 27.5. The van der Waals surface area contributed by atoms with Gasteiger partial charge in [-0.05, 0) is 202 Å². The van der Waals surface area contributed by atoms with Gasteiger partial charge in [0.05, 0.1) is 138 Å². The van der Waals surface area contributed by atoms with Gasteiger partial charge in [0.1, 0.15) is 110 Å². The van der Waals surface area contributed by atoms with E-state index in [2.05, 4.69) is 94.7 Å². The van der Waals surface area contributed by atoms with Crippen molar-refractivity contribution in [2.24, 2.45) is 0 Å². The van der Waals surface area contributed by atoms with Gasteiger partial charge in [0, 0.05) is 56.2 Å². The van der Waals surface area contributed by atoms with E-state index in [-0.39, 0.29) is 64.6 Å². The number of aryl methyl sites for hydroxylation is 5. The molecular weight excluding hydrogens is 1820 g/mol. The molecule has 0 radical (unpaired) electrons. The summed E-state index contributed by atoms with van der Waals surface area (Å²) in [6.45, 7) is 12.0. The quantitative estimate of drug-likeness (QED) is 0.0540. The van der Waals surface area contributed by atoms with E-state index in [1.54, 1.807) is 143 Å². The number of aromatic hydroxyl groups is 6. The molecule has 0 fully saturated rings. The number of nitrogens with two attached hydrogens (primary N) is 6. The monoisotopic (exact) mass is 1880 g/mol. The van der Waals surface area contributed by atoms with Crippen molar-refractivity contribution in [2.45, 2.75) is 41.5 Å². The zero-order valence-electron chi connectivity index (χ0n) is 67.4. The number of furan rings is 1. The maximum absolute atomic E-state index is 9.57. The van der Waals surface area contributed by atoms with Gasteiger partial charge < -0.3 is 69.5 Å². The van der Waals surface area contributed by atoms with Crippen LogP contribution in [0, 0.1) is 41.5 Å². The number of anilines is 6. The highest BCUT2D eigenvalue weighted by Gasteiger charge is 2.24. The van der Waals surface area contributed by atoms with Gasteiger partial charge in [0.15, 0.2) is 5.76 Å². The van der Waals surface area contributed by atoms with Crippen molar-refractivity contribution in [1.82, 2.24) is 74.8 Å². The lowest BCUT2D eigenvalue weighted by atomic mass is 10.1. The molecule has 0 unspecified atom stereocenters. The first-order valence-electron chi connectivity index (χ1n) is 37.4. The Labute approximate surface area is 771 Å². The first kappa shape index (κ1) is 90.9. The fourth-order valence-corrected chi connectivity index (χ4v) is 16.6. The van der Waals surface area contributed by atoms with Gasteiger partial charge in [-0.1, -0.05) is 75.7 Å². The molecule has 0 spiro atoms. The fraction of sp³-hybridized carbons (Fsp3) is 0.0674. The molecule has 18 aromatic rings. The van der Waals surface area contributed by atoms with Gasteiger partial charge in [0.2, 0.25) is 0 Å². The molecule has 6 aromatic carbocycles. The Morgan fingerprint density at radius 3 is 0.976 bits per heavy atom. The number of rotatable bonds is 12. The zero-order valence-corrected chi connectivity index (χ0v) is 75.2. The normalized spacial score (nSPS) is 10.7. The Balaban J connectivity index is 0.000000130. The third-order valence-corrected chi connectivity index (χ3v) is 24.4. The van der Waals surface area contributed by atoms with Crippen LogP contribution >= 0.6 is 115 Å². The van der Waals surface area contributed by atoms with Crippen LogP contribution in [0.2, 0.25) is 30.1 Å². The van der Waals surface area contributed by atoms with Crippen molar-refractivity contribution in [3.63, 3.8) is 0 Å². The maximum Gasteiger partial charge on any atom is 0.157 e. The molecule has 640 valence electrons. The van der Waals surface area contributed by atoms with E-state index in [1.807, 2.05) is 56.7 Å². The molecule has 0 saturated carbocycles. The summed E-state index contributed by atoms with van der Waals surface area (Å²) in [6, 6.07) is 37.5. The second-order valence-corrected chi connectivity index (χ2v) is 33.9. The summed E-state index contributed by atoms with van der Waals surface area (Å²) < 4.78 is 5.61. The number of thiophene rings is 3. The van der Waals surface area contributed by atoms with Crippen LogP contribution in [0.4, 0.5) is 34.9 Å². The van der Waals surface area contributed by atoms with Crippen LogP contribution in [0.3, 0.4) is 0 Å². The summed E-state index contributed by atoms with van der Waals surface area (Å²) in [6.07, 6.45) is 15.3. The lowest BCUT2D eigenvalue weighted by Gasteiger charge is -2.09. The van der Waals surface area contributed by atoms with Gasteiger partial charge >= 0.3 is 0 Å².